The van der Waals surface area contributed by atoms with Crippen molar-refractivity contribution in [2.45, 2.75) is 46.7 Å². The summed E-state index contributed by atoms with van der Waals surface area (Å²) in [4.78, 5) is 38.8. The van der Waals surface area contributed by atoms with E-state index in [1.807, 2.05) is 33.8 Å². The Morgan fingerprint density at radius 2 is 2.00 bits per heavy atom. The Balaban J connectivity index is 1.85. The van der Waals surface area contributed by atoms with Crippen molar-refractivity contribution < 1.29 is 19.1 Å². The molecule has 3 amide bonds. The van der Waals surface area contributed by atoms with Crippen molar-refractivity contribution in [1.82, 2.24) is 20.0 Å². The average molecular weight is 457 g/mol. The van der Waals surface area contributed by atoms with Gasteiger partial charge in [-0.3, -0.25) is 19.6 Å². The van der Waals surface area contributed by atoms with E-state index in [1.54, 1.807) is 27.8 Å². The predicted octanol–water partition coefficient (Wildman–Crippen LogP) is 2.71. The minimum atomic E-state index is -0.615. The van der Waals surface area contributed by atoms with Gasteiger partial charge in [0, 0.05) is 25.1 Å². The van der Waals surface area contributed by atoms with Crippen LogP contribution in [0.1, 0.15) is 56.2 Å². The monoisotopic (exact) mass is 456 g/mol. The molecule has 1 aliphatic rings. The van der Waals surface area contributed by atoms with E-state index < -0.39 is 6.09 Å². The van der Waals surface area contributed by atoms with Gasteiger partial charge in [0.2, 0.25) is 5.91 Å². The van der Waals surface area contributed by atoms with Gasteiger partial charge in [0.05, 0.1) is 31.2 Å². The summed E-state index contributed by atoms with van der Waals surface area (Å²) in [5, 5.41) is 10.2. The van der Waals surface area contributed by atoms with Crippen molar-refractivity contribution in [2.75, 3.05) is 25.6 Å². The number of methoxy groups -OCH3 is 1. The molecular weight excluding hydrogens is 424 g/mol. The molecular formula is C23H32N6O4. The molecule has 2 aromatic rings. The van der Waals surface area contributed by atoms with Crippen LogP contribution in [0.4, 0.5) is 10.5 Å². The van der Waals surface area contributed by atoms with Gasteiger partial charge in [-0.25, -0.2) is 4.79 Å². The number of ether oxygens (including phenoxy) is 1. The van der Waals surface area contributed by atoms with Crippen LogP contribution in [0.2, 0.25) is 0 Å². The van der Waals surface area contributed by atoms with E-state index in [0.29, 0.717) is 42.1 Å². The van der Waals surface area contributed by atoms with Gasteiger partial charge in [-0.15, -0.1) is 0 Å². The minimum absolute atomic E-state index is 0.0914. The van der Waals surface area contributed by atoms with Crippen molar-refractivity contribution >= 4 is 23.6 Å². The molecule has 0 aliphatic carbocycles. The first-order valence-electron chi connectivity index (χ1n) is 10.9. The lowest BCUT2D eigenvalue weighted by atomic mass is 9.92. The van der Waals surface area contributed by atoms with Crippen molar-refractivity contribution in [1.29, 1.82) is 0 Å². The lowest BCUT2D eigenvalue weighted by Crippen LogP contribution is -2.48. The number of rotatable bonds is 6. The Kier molecular flexibility index (Phi) is 7.06. The van der Waals surface area contributed by atoms with Crippen molar-refractivity contribution in [3.63, 3.8) is 0 Å². The SMILES string of the molecule is COC(=O)Nc1cc(CN)ccc1-c1cc2n(n1)C(C)CN(CNC(=O)CC(C)(C)C)C2=O. The van der Waals surface area contributed by atoms with Crippen LogP contribution in [0, 0.1) is 5.41 Å². The van der Waals surface area contributed by atoms with Crippen LogP contribution in [-0.4, -0.2) is 52.9 Å². The number of fused-ring (bicyclic) bond motifs is 1. The molecule has 10 nitrogen and oxygen atoms in total. The third-order valence-electron chi connectivity index (χ3n) is 5.32. The van der Waals surface area contributed by atoms with E-state index in [4.69, 9.17) is 10.5 Å². The van der Waals surface area contributed by atoms with Crippen LogP contribution in [-0.2, 0) is 16.1 Å². The highest BCUT2D eigenvalue weighted by Crippen LogP contribution is 2.32. The van der Waals surface area contributed by atoms with E-state index in [2.05, 4.69) is 15.7 Å². The van der Waals surface area contributed by atoms with Gasteiger partial charge in [0.25, 0.3) is 5.91 Å². The summed E-state index contributed by atoms with van der Waals surface area (Å²) >= 11 is 0. The second-order valence-corrected chi connectivity index (χ2v) is 9.43. The van der Waals surface area contributed by atoms with E-state index in [9.17, 15) is 14.4 Å². The number of carbonyl (C=O) groups is 3. The van der Waals surface area contributed by atoms with Crippen molar-refractivity contribution in [2.24, 2.45) is 11.1 Å². The van der Waals surface area contributed by atoms with Crippen LogP contribution in [0.15, 0.2) is 24.3 Å². The Morgan fingerprint density at radius 1 is 1.27 bits per heavy atom. The van der Waals surface area contributed by atoms with E-state index in [-0.39, 0.29) is 29.9 Å². The Hall–Kier alpha value is -3.40. The zero-order valence-corrected chi connectivity index (χ0v) is 19.8. The van der Waals surface area contributed by atoms with Crippen molar-refractivity contribution in [3.05, 3.63) is 35.5 Å². The van der Waals surface area contributed by atoms with Gasteiger partial charge < -0.3 is 20.7 Å². The molecule has 1 aromatic heterocycles. The van der Waals surface area contributed by atoms with Crippen LogP contribution in [0.5, 0.6) is 0 Å². The molecule has 1 atom stereocenters. The predicted molar refractivity (Wildman–Crippen MR) is 124 cm³/mol. The van der Waals surface area contributed by atoms with Crippen LogP contribution < -0.4 is 16.4 Å². The molecule has 1 aliphatic heterocycles. The highest BCUT2D eigenvalue weighted by Gasteiger charge is 2.31. The topological polar surface area (TPSA) is 132 Å². The third-order valence-corrected chi connectivity index (χ3v) is 5.32. The summed E-state index contributed by atoms with van der Waals surface area (Å²) < 4.78 is 6.41. The normalized spacial score (nSPS) is 15.8. The Morgan fingerprint density at radius 3 is 2.64 bits per heavy atom. The Bertz CT molecular complexity index is 1060. The number of hydrogen-bond acceptors (Lipinski definition) is 6. The molecule has 1 unspecified atom stereocenters. The van der Waals surface area contributed by atoms with Crippen LogP contribution >= 0.6 is 0 Å². The first kappa shape index (κ1) is 24.2. The van der Waals surface area contributed by atoms with Gasteiger partial charge in [-0.2, -0.15) is 5.10 Å². The molecule has 4 N–H and O–H groups in total. The number of benzene rings is 1. The smallest absolute Gasteiger partial charge is 0.411 e. The molecule has 178 valence electrons. The molecule has 1 aromatic carbocycles. The van der Waals surface area contributed by atoms with E-state index in [1.165, 1.54) is 7.11 Å². The number of anilines is 1. The summed E-state index contributed by atoms with van der Waals surface area (Å²) in [6.07, 6.45) is -0.238. The fourth-order valence-corrected chi connectivity index (χ4v) is 3.73. The third kappa shape index (κ3) is 5.70. The maximum Gasteiger partial charge on any atom is 0.411 e. The van der Waals surface area contributed by atoms with Crippen LogP contribution in [0.25, 0.3) is 11.3 Å². The van der Waals surface area contributed by atoms with Gasteiger partial charge in [0.1, 0.15) is 5.69 Å². The molecule has 0 radical (unpaired) electrons. The zero-order chi connectivity index (χ0) is 24.3. The maximum atomic E-state index is 13.1. The first-order chi connectivity index (χ1) is 15.5. The number of nitrogens with one attached hydrogen (secondary N) is 2. The van der Waals surface area contributed by atoms with Crippen molar-refractivity contribution in [3.8, 4) is 11.3 Å². The second kappa shape index (κ2) is 9.62. The number of carbonyl (C=O) groups excluding carboxylic acids is 3. The molecule has 0 saturated heterocycles. The molecule has 0 saturated carbocycles. The lowest BCUT2D eigenvalue weighted by Gasteiger charge is -2.32. The summed E-state index contributed by atoms with van der Waals surface area (Å²) in [6.45, 7) is 8.79. The molecule has 0 bridgehead atoms. The minimum Gasteiger partial charge on any atom is -0.453 e. The number of amides is 3. The second-order valence-electron chi connectivity index (χ2n) is 9.43. The highest BCUT2D eigenvalue weighted by molar-refractivity contribution is 5.96. The zero-order valence-electron chi connectivity index (χ0n) is 19.8. The summed E-state index contributed by atoms with van der Waals surface area (Å²) in [5.74, 6) is -0.315. The van der Waals surface area contributed by atoms with Gasteiger partial charge in [-0.1, -0.05) is 32.9 Å². The average Bonchev–Trinajstić information content (AvgIpc) is 3.20. The fourth-order valence-electron chi connectivity index (χ4n) is 3.73. The standard InChI is InChI=1S/C23H32N6O4/c1-14-12-28(13-25-20(30)10-23(2,3)4)21(31)19-9-18(27-29(14)19)16-7-6-15(11-24)8-17(16)26-22(32)33-5/h6-9,14H,10-13,24H2,1-5H3,(H,25,30)(H,26,32). The number of hydrogen-bond donors (Lipinski definition) is 3. The summed E-state index contributed by atoms with van der Waals surface area (Å²) in [6, 6.07) is 7.01. The van der Waals surface area contributed by atoms with Gasteiger partial charge in [-0.05, 0) is 30.0 Å². The fraction of sp³-hybridized carbons (Fsp3) is 0.478. The Labute approximate surface area is 193 Å². The lowest BCUT2D eigenvalue weighted by molar-refractivity contribution is -0.123. The van der Waals surface area contributed by atoms with E-state index >= 15 is 0 Å². The molecule has 33 heavy (non-hydrogen) atoms. The number of nitrogens with zero attached hydrogens (tertiary/aromatic N) is 3. The first-order valence-corrected chi connectivity index (χ1v) is 10.9. The largest absolute Gasteiger partial charge is 0.453 e. The molecule has 2 heterocycles. The van der Waals surface area contributed by atoms with Crippen LogP contribution in [0.3, 0.4) is 0 Å². The van der Waals surface area contributed by atoms with E-state index in [0.717, 1.165) is 5.56 Å². The summed E-state index contributed by atoms with van der Waals surface area (Å²) in [5.41, 5.74) is 8.53. The highest BCUT2D eigenvalue weighted by atomic mass is 16.5. The molecule has 3 rings (SSSR count). The molecule has 10 heteroatoms. The number of aromatic nitrogens is 2. The number of nitrogens with two attached hydrogens (primary N) is 1. The summed E-state index contributed by atoms with van der Waals surface area (Å²) in [7, 11) is 1.28. The quantitative estimate of drug-likeness (QED) is 0.612. The van der Waals surface area contributed by atoms with Gasteiger partial charge >= 0.3 is 6.09 Å². The maximum absolute atomic E-state index is 13.1. The molecule has 0 fully saturated rings. The molecule has 0 spiro atoms. The van der Waals surface area contributed by atoms with Gasteiger partial charge in [0.15, 0.2) is 0 Å².